The van der Waals surface area contributed by atoms with Gasteiger partial charge in [-0.2, -0.15) is 0 Å². The molecule has 2 amide bonds. The van der Waals surface area contributed by atoms with Crippen LogP contribution < -0.4 is 0 Å². The SMILES string of the molecule is O=C1CCC(=O)N1CCCc1nc(CCl)cs1. The van der Waals surface area contributed by atoms with Crippen molar-refractivity contribution in [3.63, 3.8) is 0 Å². The Hall–Kier alpha value is -0.940. The van der Waals surface area contributed by atoms with E-state index in [0.717, 1.165) is 23.5 Å². The predicted molar refractivity (Wildman–Crippen MR) is 65.9 cm³/mol. The van der Waals surface area contributed by atoms with Gasteiger partial charge >= 0.3 is 0 Å². The molecule has 0 radical (unpaired) electrons. The van der Waals surface area contributed by atoms with E-state index in [-0.39, 0.29) is 11.8 Å². The number of aromatic nitrogens is 1. The molecular formula is C11H13ClN2O2S. The summed E-state index contributed by atoms with van der Waals surface area (Å²) in [6, 6.07) is 0. The molecular weight excluding hydrogens is 260 g/mol. The normalized spacial score (nSPS) is 15.9. The first-order valence-corrected chi connectivity index (χ1v) is 6.94. The summed E-state index contributed by atoms with van der Waals surface area (Å²) in [7, 11) is 0. The zero-order chi connectivity index (χ0) is 12.3. The number of thiazole rings is 1. The van der Waals surface area contributed by atoms with E-state index in [1.165, 1.54) is 4.90 Å². The zero-order valence-electron chi connectivity index (χ0n) is 9.32. The van der Waals surface area contributed by atoms with Crippen LogP contribution in [0.25, 0.3) is 0 Å². The highest BCUT2D eigenvalue weighted by Gasteiger charge is 2.27. The van der Waals surface area contributed by atoms with Crippen molar-refractivity contribution in [3.8, 4) is 0 Å². The number of imide groups is 1. The number of carbonyl (C=O) groups excluding carboxylic acids is 2. The molecule has 1 fully saturated rings. The first kappa shape index (κ1) is 12.5. The fourth-order valence-corrected chi connectivity index (χ4v) is 2.85. The minimum absolute atomic E-state index is 0.0458. The largest absolute Gasteiger partial charge is 0.283 e. The topological polar surface area (TPSA) is 50.3 Å². The van der Waals surface area contributed by atoms with Gasteiger partial charge in [-0.1, -0.05) is 0 Å². The van der Waals surface area contributed by atoms with Crippen molar-refractivity contribution in [1.82, 2.24) is 9.88 Å². The average molecular weight is 273 g/mol. The molecule has 0 atom stereocenters. The Morgan fingerprint density at radius 3 is 2.65 bits per heavy atom. The second kappa shape index (κ2) is 5.60. The first-order chi connectivity index (χ1) is 8.20. The van der Waals surface area contributed by atoms with Crippen molar-refractivity contribution >= 4 is 34.8 Å². The van der Waals surface area contributed by atoms with Crippen molar-refractivity contribution in [2.24, 2.45) is 0 Å². The number of nitrogens with zero attached hydrogens (tertiary/aromatic N) is 2. The minimum Gasteiger partial charge on any atom is -0.283 e. The number of hydrogen-bond donors (Lipinski definition) is 0. The molecule has 1 aromatic rings. The van der Waals surface area contributed by atoms with Crippen molar-refractivity contribution in [1.29, 1.82) is 0 Å². The van der Waals surface area contributed by atoms with Gasteiger partial charge in [0, 0.05) is 31.2 Å². The second-order valence-electron chi connectivity index (χ2n) is 3.91. The van der Waals surface area contributed by atoms with Gasteiger partial charge in [0.1, 0.15) is 0 Å². The molecule has 0 aromatic carbocycles. The van der Waals surface area contributed by atoms with Crippen LogP contribution in [-0.4, -0.2) is 28.2 Å². The van der Waals surface area contributed by atoms with Crippen LogP contribution in [0.15, 0.2) is 5.38 Å². The maximum atomic E-state index is 11.4. The molecule has 0 saturated carbocycles. The van der Waals surface area contributed by atoms with Crippen LogP contribution in [-0.2, 0) is 21.9 Å². The minimum atomic E-state index is -0.0458. The molecule has 1 saturated heterocycles. The highest BCUT2D eigenvalue weighted by atomic mass is 35.5. The molecule has 1 aliphatic rings. The van der Waals surface area contributed by atoms with Gasteiger partial charge in [0.25, 0.3) is 0 Å². The van der Waals surface area contributed by atoms with E-state index in [1.54, 1.807) is 11.3 Å². The lowest BCUT2D eigenvalue weighted by Crippen LogP contribution is -2.30. The van der Waals surface area contributed by atoms with E-state index >= 15 is 0 Å². The van der Waals surface area contributed by atoms with Gasteiger partial charge in [-0.05, 0) is 6.42 Å². The molecule has 0 unspecified atom stereocenters. The fraction of sp³-hybridized carbons (Fsp3) is 0.545. The van der Waals surface area contributed by atoms with Crippen LogP contribution >= 0.6 is 22.9 Å². The van der Waals surface area contributed by atoms with Crippen LogP contribution in [0.3, 0.4) is 0 Å². The van der Waals surface area contributed by atoms with Gasteiger partial charge in [-0.3, -0.25) is 14.5 Å². The van der Waals surface area contributed by atoms with Crippen molar-refractivity contribution in [2.75, 3.05) is 6.54 Å². The highest BCUT2D eigenvalue weighted by molar-refractivity contribution is 7.09. The summed E-state index contributed by atoms with van der Waals surface area (Å²) >= 11 is 7.24. The van der Waals surface area contributed by atoms with E-state index in [0.29, 0.717) is 25.3 Å². The Bertz CT molecular complexity index is 417. The summed E-state index contributed by atoms with van der Waals surface area (Å²) in [5, 5.41) is 2.95. The number of carbonyl (C=O) groups is 2. The Morgan fingerprint density at radius 1 is 1.35 bits per heavy atom. The smallest absolute Gasteiger partial charge is 0.229 e. The van der Waals surface area contributed by atoms with Gasteiger partial charge in [-0.15, -0.1) is 22.9 Å². The molecule has 1 aliphatic heterocycles. The lowest BCUT2D eigenvalue weighted by atomic mass is 10.3. The molecule has 17 heavy (non-hydrogen) atoms. The Morgan fingerprint density at radius 2 is 2.06 bits per heavy atom. The quantitative estimate of drug-likeness (QED) is 0.608. The Labute approximate surface area is 109 Å². The van der Waals surface area contributed by atoms with E-state index in [2.05, 4.69) is 4.98 Å². The Kier molecular flexibility index (Phi) is 4.12. The lowest BCUT2D eigenvalue weighted by molar-refractivity contribution is -0.138. The van der Waals surface area contributed by atoms with E-state index in [9.17, 15) is 9.59 Å². The fourth-order valence-electron chi connectivity index (χ4n) is 1.79. The predicted octanol–water partition coefficient (Wildman–Crippen LogP) is 1.96. The van der Waals surface area contributed by atoms with Gasteiger partial charge in [0.2, 0.25) is 11.8 Å². The summed E-state index contributed by atoms with van der Waals surface area (Å²) in [5.74, 6) is 0.339. The first-order valence-electron chi connectivity index (χ1n) is 5.53. The monoisotopic (exact) mass is 272 g/mol. The van der Waals surface area contributed by atoms with Crippen molar-refractivity contribution in [2.45, 2.75) is 31.6 Å². The third-order valence-electron chi connectivity index (χ3n) is 2.66. The van der Waals surface area contributed by atoms with E-state index < -0.39 is 0 Å². The van der Waals surface area contributed by atoms with Crippen LogP contribution in [0.2, 0.25) is 0 Å². The third kappa shape index (κ3) is 3.04. The zero-order valence-corrected chi connectivity index (χ0v) is 10.9. The van der Waals surface area contributed by atoms with Gasteiger partial charge in [0.05, 0.1) is 16.6 Å². The second-order valence-corrected chi connectivity index (χ2v) is 5.12. The van der Waals surface area contributed by atoms with Crippen LogP contribution in [0, 0.1) is 0 Å². The maximum Gasteiger partial charge on any atom is 0.229 e. The number of hydrogen-bond acceptors (Lipinski definition) is 4. The number of likely N-dealkylation sites (tertiary alicyclic amines) is 1. The van der Waals surface area contributed by atoms with Gasteiger partial charge in [-0.25, -0.2) is 4.98 Å². The summed E-state index contributed by atoms with van der Waals surface area (Å²) < 4.78 is 0. The number of rotatable bonds is 5. The summed E-state index contributed by atoms with van der Waals surface area (Å²) in [5.41, 5.74) is 0.889. The van der Waals surface area contributed by atoms with E-state index in [1.807, 2.05) is 5.38 Å². The number of aryl methyl sites for hydroxylation is 1. The van der Waals surface area contributed by atoms with E-state index in [4.69, 9.17) is 11.6 Å². The molecule has 2 rings (SSSR count). The molecule has 4 nitrogen and oxygen atoms in total. The lowest BCUT2D eigenvalue weighted by Gasteiger charge is -2.12. The highest BCUT2D eigenvalue weighted by Crippen LogP contribution is 2.16. The molecule has 0 spiro atoms. The van der Waals surface area contributed by atoms with Crippen LogP contribution in [0.1, 0.15) is 30.0 Å². The number of amides is 2. The van der Waals surface area contributed by atoms with Crippen LogP contribution in [0.5, 0.6) is 0 Å². The average Bonchev–Trinajstić information content (AvgIpc) is 2.90. The molecule has 0 N–H and O–H groups in total. The number of halogens is 1. The van der Waals surface area contributed by atoms with Gasteiger partial charge < -0.3 is 0 Å². The van der Waals surface area contributed by atoms with Crippen LogP contribution in [0.4, 0.5) is 0 Å². The van der Waals surface area contributed by atoms with Gasteiger partial charge in [0.15, 0.2) is 0 Å². The standard InChI is InChI=1S/C11H13ClN2O2S/c12-6-8-7-17-9(13-8)2-1-5-14-10(15)3-4-11(14)16/h7H,1-6H2. The maximum absolute atomic E-state index is 11.4. The molecule has 1 aromatic heterocycles. The van der Waals surface area contributed by atoms with Crippen molar-refractivity contribution in [3.05, 3.63) is 16.1 Å². The molecule has 6 heteroatoms. The summed E-state index contributed by atoms with van der Waals surface area (Å²) in [4.78, 5) is 28.4. The molecule has 2 heterocycles. The molecule has 0 aliphatic carbocycles. The number of alkyl halides is 1. The summed E-state index contributed by atoms with van der Waals surface area (Å²) in [6.07, 6.45) is 2.30. The third-order valence-corrected chi connectivity index (χ3v) is 3.89. The van der Waals surface area contributed by atoms with Crippen molar-refractivity contribution < 1.29 is 9.59 Å². The molecule has 0 bridgehead atoms. The molecule has 92 valence electrons. The Balaban J connectivity index is 1.79. The summed E-state index contributed by atoms with van der Waals surface area (Å²) in [6.45, 7) is 0.507.